The van der Waals surface area contributed by atoms with E-state index in [9.17, 15) is 4.79 Å². The lowest BCUT2D eigenvalue weighted by atomic mass is 10.1. The second-order valence-electron chi connectivity index (χ2n) is 4.94. The van der Waals surface area contributed by atoms with Crippen LogP contribution in [0.1, 0.15) is 17.4 Å². The molecule has 0 spiro atoms. The van der Waals surface area contributed by atoms with E-state index in [1.165, 1.54) is 0 Å². The van der Waals surface area contributed by atoms with Crippen molar-refractivity contribution < 1.29 is 13.9 Å². The van der Waals surface area contributed by atoms with Gasteiger partial charge in [-0.15, -0.1) is 0 Å². The average molecular weight is 362 g/mol. The number of oxazole rings is 1. The van der Waals surface area contributed by atoms with Crippen molar-refractivity contribution in [2.45, 2.75) is 6.92 Å². The van der Waals surface area contributed by atoms with Crippen molar-refractivity contribution in [3.05, 3.63) is 64.3 Å². The lowest BCUT2D eigenvalue weighted by Gasteiger charge is -2.03. The first-order chi connectivity index (χ1) is 11.6. The highest BCUT2D eigenvalue weighted by molar-refractivity contribution is 6.35. The number of benzene rings is 2. The topological polar surface area (TPSA) is 52.3 Å². The van der Waals surface area contributed by atoms with E-state index in [0.29, 0.717) is 21.5 Å². The van der Waals surface area contributed by atoms with E-state index in [1.54, 1.807) is 25.1 Å². The lowest BCUT2D eigenvalue weighted by Crippen LogP contribution is -2.06. The number of hydrogen-bond donors (Lipinski definition) is 0. The third-order valence-electron chi connectivity index (χ3n) is 3.24. The van der Waals surface area contributed by atoms with Gasteiger partial charge < -0.3 is 9.15 Å². The Balaban J connectivity index is 2.15. The zero-order valence-electron chi connectivity index (χ0n) is 12.8. The number of halogens is 2. The van der Waals surface area contributed by atoms with Gasteiger partial charge in [-0.1, -0.05) is 41.4 Å². The number of hydrogen-bond acceptors (Lipinski definition) is 4. The minimum Gasteiger partial charge on any atom is -0.461 e. The molecule has 122 valence electrons. The van der Waals surface area contributed by atoms with Crippen molar-refractivity contribution in [1.29, 1.82) is 0 Å². The number of esters is 1. The molecule has 0 atom stereocenters. The summed E-state index contributed by atoms with van der Waals surface area (Å²) in [6.45, 7) is 1.97. The van der Waals surface area contributed by atoms with Gasteiger partial charge in [-0.25, -0.2) is 9.78 Å². The van der Waals surface area contributed by atoms with Crippen molar-refractivity contribution in [3.63, 3.8) is 0 Å². The van der Waals surface area contributed by atoms with Gasteiger partial charge in [0, 0.05) is 21.2 Å². The molecule has 0 unspecified atom stereocenters. The van der Waals surface area contributed by atoms with E-state index in [0.717, 1.165) is 5.56 Å². The Kier molecular flexibility index (Phi) is 4.88. The third-order valence-corrected chi connectivity index (χ3v) is 3.68. The summed E-state index contributed by atoms with van der Waals surface area (Å²) in [6.07, 6.45) is 0. The predicted molar refractivity (Wildman–Crippen MR) is 93.4 cm³/mol. The van der Waals surface area contributed by atoms with Gasteiger partial charge >= 0.3 is 5.97 Å². The van der Waals surface area contributed by atoms with Gasteiger partial charge in [0.2, 0.25) is 5.89 Å². The van der Waals surface area contributed by atoms with Gasteiger partial charge in [-0.3, -0.25) is 0 Å². The predicted octanol–water partition coefficient (Wildman–Crippen LogP) is 5.49. The number of carbonyl (C=O) groups excluding carboxylic acids is 1. The van der Waals surface area contributed by atoms with E-state index in [2.05, 4.69) is 4.98 Å². The average Bonchev–Trinajstić information content (AvgIpc) is 3.00. The summed E-state index contributed by atoms with van der Waals surface area (Å²) >= 11 is 12.1. The normalized spacial score (nSPS) is 10.6. The van der Waals surface area contributed by atoms with Crippen LogP contribution >= 0.6 is 23.2 Å². The first kappa shape index (κ1) is 16.6. The van der Waals surface area contributed by atoms with E-state index < -0.39 is 5.97 Å². The fourth-order valence-corrected chi connectivity index (χ4v) is 2.77. The van der Waals surface area contributed by atoms with Crippen molar-refractivity contribution >= 4 is 29.2 Å². The second kappa shape index (κ2) is 7.07. The number of nitrogens with zero attached hydrogens (tertiary/aromatic N) is 1. The molecule has 0 aliphatic carbocycles. The van der Waals surface area contributed by atoms with Crippen molar-refractivity contribution in [1.82, 2.24) is 4.98 Å². The number of carbonyl (C=O) groups is 1. The summed E-state index contributed by atoms with van der Waals surface area (Å²) in [5.41, 5.74) is 1.40. The molecule has 0 fully saturated rings. The molecule has 0 radical (unpaired) electrons. The molecule has 1 heterocycles. The molecule has 0 aliphatic rings. The monoisotopic (exact) mass is 361 g/mol. The summed E-state index contributed by atoms with van der Waals surface area (Å²) in [4.78, 5) is 16.5. The van der Waals surface area contributed by atoms with Crippen LogP contribution in [0.25, 0.3) is 22.8 Å². The molecule has 4 nitrogen and oxygen atoms in total. The van der Waals surface area contributed by atoms with Crippen LogP contribution < -0.4 is 0 Å². The highest BCUT2D eigenvalue weighted by Gasteiger charge is 2.23. The molecular weight excluding hydrogens is 349 g/mol. The van der Waals surface area contributed by atoms with Gasteiger partial charge in [0.05, 0.1) is 6.61 Å². The molecule has 1 aromatic heterocycles. The molecule has 0 amide bonds. The maximum Gasteiger partial charge on any atom is 0.361 e. The second-order valence-corrected chi connectivity index (χ2v) is 5.81. The molecule has 0 saturated heterocycles. The molecule has 0 saturated carbocycles. The minimum atomic E-state index is -0.561. The van der Waals surface area contributed by atoms with Crippen LogP contribution in [0, 0.1) is 0 Å². The van der Waals surface area contributed by atoms with E-state index >= 15 is 0 Å². The van der Waals surface area contributed by atoms with Crippen LogP contribution in [-0.2, 0) is 4.74 Å². The highest BCUT2D eigenvalue weighted by Crippen LogP contribution is 2.33. The van der Waals surface area contributed by atoms with Gasteiger partial charge in [-0.05, 0) is 37.3 Å². The number of aromatic nitrogens is 1. The Morgan fingerprint density at radius 2 is 1.75 bits per heavy atom. The van der Waals surface area contributed by atoms with Crippen LogP contribution in [0.15, 0.2) is 52.9 Å². The number of ether oxygens (including phenoxy) is 1. The van der Waals surface area contributed by atoms with Crippen LogP contribution in [0.5, 0.6) is 0 Å². The maximum absolute atomic E-state index is 12.2. The molecule has 0 bridgehead atoms. The van der Waals surface area contributed by atoms with Gasteiger partial charge in [0.25, 0.3) is 0 Å². The smallest absolute Gasteiger partial charge is 0.361 e. The molecule has 6 heteroatoms. The number of rotatable bonds is 4. The van der Waals surface area contributed by atoms with Crippen LogP contribution in [-0.4, -0.2) is 17.6 Å². The summed E-state index contributed by atoms with van der Waals surface area (Å²) in [6, 6.07) is 14.2. The fraction of sp³-hybridized carbons (Fsp3) is 0.111. The SMILES string of the molecule is CCOC(=O)c1nc(-c2ccccc2)oc1-c1cc(Cl)cc(Cl)c1. The van der Waals surface area contributed by atoms with E-state index in [-0.39, 0.29) is 18.1 Å². The summed E-state index contributed by atoms with van der Waals surface area (Å²) in [5.74, 6) is 0.0379. The van der Waals surface area contributed by atoms with Crippen molar-refractivity contribution in [3.8, 4) is 22.8 Å². The summed E-state index contributed by atoms with van der Waals surface area (Å²) in [5, 5.41) is 0.870. The molecule has 24 heavy (non-hydrogen) atoms. The first-order valence-electron chi connectivity index (χ1n) is 7.28. The van der Waals surface area contributed by atoms with Gasteiger partial charge in [0.15, 0.2) is 11.5 Å². The van der Waals surface area contributed by atoms with Crippen LogP contribution in [0.4, 0.5) is 0 Å². The zero-order chi connectivity index (χ0) is 17.1. The molecule has 2 aromatic carbocycles. The Hall–Kier alpha value is -2.30. The molecule has 0 aliphatic heterocycles. The van der Waals surface area contributed by atoms with Gasteiger partial charge in [0.1, 0.15) is 0 Å². The van der Waals surface area contributed by atoms with E-state index in [1.807, 2.05) is 30.3 Å². The van der Waals surface area contributed by atoms with Gasteiger partial charge in [-0.2, -0.15) is 0 Å². The van der Waals surface area contributed by atoms with Crippen LogP contribution in [0.2, 0.25) is 10.0 Å². The maximum atomic E-state index is 12.2. The standard InChI is InChI=1S/C18H13Cl2NO3/c1-2-23-18(22)15-16(12-8-13(19)10-14(20)9-12)24-17(21-15)11-6-4-3-5-7-11/h3-10H,2H2,1H3. The fourth-order valence-electron chi connectivity index (χ4n) is 2.24. The minimum absolute atomic E-state index is 0.0917. The molecule has 3 rings (SSSR count). The lowest BCUT2D eigenvalue weighted by molar-refractivity contribution is 0.0520. The zero-order valence-corrected chi connectivity index (χ0v) is 14.3. The van der Waals surface area contributed by atoms with Crippen LogP contribution in [0.3, 0.4) is 0 Å². The summed E-state index contributed by atoms with van der Waals surface area (Å²) in [7, 11) is 0. The largest absolute Gasteiger partial charge is 0.461 e. The first-order valence-corrected chi connectivity index (χ1v) is 8.04. The third kappa shape index (κ3) is 3.45. The quantitative estimate of drug-likeness (QED) is 0.576. The Morgan fingerprint density at radius 3 is 2.38 bits per heavy atom. The van der Waals surface area contributed by atoms with Crippen molar-refractivity contribution in [2.75, 3.05) is 6.61 Å². The molecule has 0 N–H and O–H groups in total. The Morgan fingerprint density at radius 1 is 1.08 bits per heavy atom. The van der Waals surface area contributed by atoms with Crippen molar-refractivity contribution in [2.24, 2.45) is 0 Å². The Bertz CT molecular complexity index is 855. The molecular formula is C18H13Cl2NO3. The highest BCUT2D eigenvalue weighted by atomic mass is 35.5. The Labute approximate surface area is 149 Å². The van der Waals surface area contributed by atoms with E-state index in [4.69, 9.17) is 32.4 Å². The molecule has 3 aromatic rings. The summed E-state index contributed by atoms with van der Waals surface area (Å²) < 4.78 is 10.9.